The number of hydrogen-bond acceptors (Lipinski definition) is 2. The largest absolute Gasteiger partial charge is 0.454 e. The topological polar surface area (TPSA) is 16.4 Å². The Morgan fingerprint density at radius 1 is 0.630 bits per heavy atom. The Labute approximate surface area is 162 Å². The molecule has 4 aromatic carbocycles. The summed E-state index contributed by atoms with van der Waals surface area (Å²) in [5.74, 6) is 0. The molecule has 0 bridgehead atoms. The monoisotopic (exact) mass is 369 g/mol. The molecule has 0 unspecified atom stereocenters. The highest BCUT2D eigenvalue weighted by Crippen LogP contribution is 2.43. The molecule has 130 valence electrons. The van der Waals surface area contributed by atoms with Crippen LogP contribution >= 0.6 is 11.6 Å². The summed E-state index contributed by atoms with van der Waals surface area (Å²) in [5.41, 5.74) is 4.79. The molecule has 1 aromatic heterocycles. The zero-order chi connectivity index (χ0) is 18.2. The highest BCUT2D eigenvalue weighted by atomic mass is 35.5. The number of para-hydroxylation sites is 3. The standard InChI is InChI=1S/C24H16ClNO/c25-20-14-7-13-19-23-21(15-8-16-22(23)27-24(19)20)26(17-9-3-1-4-10-17)18-11-5-2-6-12-18/h1-16H. The van der Waals surface area contributed by atoms with E-state index in [0.717, 1.165) is 39.0 Å². The maximum absolute atomic E-state index is 6.39. The molecule has 2 nitrogen and oxygen atoms in total. The van der Waals surface area contributed by atoms with Gasteiger partial charge in [-0.3, -0.25) is 0 Å². The Morgan fingerprint density at radius 3 is 1.93 bits per heavy atom. The quantitative estimate of drug-likeness (QED) is 0.324. The maximum Gasteiger partial charge on any atom is 0.154 e. The van der Waals surface area contributed by atoms with Gasteiger partial charge in [0.25, 0.3) is 0 Å². The van der Waals surface area contributed by atoms with Crippen LogP contribution in [0.3, 0.4) is 0 Å². The fraction of sp³-hybridized carbons (Fsp3) is 0. The number of anilines is 3. The normalized spacial score (nSPS) is 11.1. The lowest BCUT2D eigenvalue weighted by atomic mass is 10.1. The van der Waals surface area contributed by atoms with Gasteiger partial charge in [-0.2, -0.15) is 0 Å². The van der Waals surface area contributed by atoms with Crippen molar-refractivity contribution in [3.63, 3.8) is 0 Å². The third-order valence-corrected chi connectivity index (χ3v) is 5.02. The van der Waals surface area contributed by atoms with Crippen molar-refractivity contribution in [2.75, 3.05) is 4.90 Å². The van der Waals surface area contributed by atoms with Gasteiger partial charge in [-0.25, -0.2) is 0 Å². The second-order valence-electron chi connectivity index (χ2n) is 6.38. The number of rotatable bonds is 3. The van der Waals surface area contributed by atoms with Crippen molar-refractivity contribution in [3.05, 3.63) is 102 Å². The summed E-state index contributed by atoms with van der Waals surface area (Å²) in [4.78, 5) is 2.25. The summed E-state index contributed by atoms with van der Waals surface area (Å²) in [5, 5.41) is 2.70. The summed E-state index contributed by atoms with van der Waals surface area (Å²) < 4.78 is 6.09. The minimum absolute atomic E-state index is 0.626. The van der Waals surface area contributed by atoms with Crippen LogP contribution in [-0.2, 0) is 0 Å². The molecule has 3 heteroatoms. The molecule has 0 radical (unpaired) electrons. The first-order chi connectivity index (χ1) is 13.3. The summed E-state index contributed by atoms with van der Waals surface area (Å²) in [7, 11) is 0. The average molecular weight is 370 g/mol. The van der Waals surface area contributed by atoms with E-state index in [4.69, 9.17) is 16.0 Å². The van der Waals surface area contributed by atoms with E-state index in [2.05, 4.69) is 65.6 Å². The van der Waals surface area contributed by atoms with E-state index in [9.17, 15) is 0 Å². The Balaban J connectivity index is 1.86. The highest BCUT2D eigenvalue weighted by Gasteiger charge is 2.19. The zero-order valence-electron chi connectivity index (χ0n) is 14.5. The molecule has 0 N–H and O–H groups in total. The molecule has 1 heterocycles. The minimum Gasteiger partial charge on any atom is -0.454 e. The fourth-order valence-electron chi connectivity index (χ4n) is 3.56. The number of nitrogens with zero attached hydrogens (tertiary/aromatic N) is 1. The van der Waals surface area contributed by atoms with Crippen LogP contribution in [-0.4, -0.2) is 0 Å². The summed E-state index contributed by atoms with van der Waals surface area (Å²) in [6.07, 6.45) is 0. The molecule has 0 aliphatic heterocycles. The van der Waals surface area contributed by atoms with Crippen LogP contribution in [0.1, 0.15) is 0 Å². The van der Waals surface area contributed by atoms with Crippen LogP contribution in [0.4, 0.5) is 17.1 Å². The van der Waals surface area contributed by atoms with Crippen molar-refractivity contribution < 1.29 is 4.42 Å². The van der Waals surface area contributed by atoms with Crippen molar-refractivity contribution in [3.8, 4) is 0 Å². The van der Waals surface area contributed by atoms with E-state index in [-0.39, 0.29) is 0 Å². The van der Waals surface area contributed by atoms with E-state index in [0.29, 0.717) is 5.02 Å². The van der Waals surface area contributed by atoms with Crippen molar-refractivity contribution >= 4 is 50.6 Å². The van der Waals surface area contributed by atoms with Gasteiger partial charge in [-0.1, -0.05) is 66.2 Å². The molecule has 0 saturated heterocycles. The number of fused-ring (bicyclic) bond motifs is 3. The Kier molecular flexibility index (Phi) is 3.84. The molecule has 0 aliphatic carbocycles. The molecule has 27 heavy (non-hydrogen) atoms. The summed E-state index contributed by atoms with van der Waals surface area (Å²) in [6, 6.07) is 32.7. The van der Waals surface area contributed by atoms with Gasteiger partial charge >= 0.3 is 0 Å². The van der Waals surface area contributed by atoms with Gasteiger partial charge in [0.2, 0.25) is 0 Å². The van der Waals surface area contributed by atoms with Crippen molar-refractivity contribution in [2.45, 2.75) is 0 Å². The van der Waals surface area contributed by atoms with Gasteiger partial charge in [0, 0.05) is 16.8 Å². The predicted molar refractivity (Wildman–Crippen MR) is 113 cm³/mol. The lowest BCUT2D eigenvalue weighted by Gasteiger charge is -2.26. The van der Waals surface area contributed by atoms with Crippen LogP contribution in [0.5, 0.6) is 0 Å². The molecule has 0 aliphatic rings. The van der Waals surface area contributed by atoms with Crippen LogP contribution in [0.2, 0.25) is 5.02 Å². The SMILES string of the molecule is Clc1cccc2c1oc1cccc(N(c3ccccc3)c3ccccc3)c12. The minimum atomic E-state index is 0.626. The van der Waals surface area contributed by atoms with E-state index in [1.165, 1.54) is 0 Å². The fourth-order valence-corrected chi connectivity index (χ4v) is 3.78. The molecule has 0 fully saturated rings. The summed E-state index contributed by atoms with van der Waals surface area (Å²) in [6.45, 7) is 0. The summed E-state index contributed by atoms with van der Waals surface area (Å²) >= 11 is 6.39. The molecule has 0 atom stereocenters. The Bertz CT molecular complexity index is 1190. The highest BCUT2D eigenvalue weighted by molar-refractivity contribution is 6.36. The van der Waals surface area contributed by atoms with Gasteiger partial charge in [-0.05, 0) is 42.5 Å². The Morgan fingerprint density at radius 2 is 1.26 bits per heavy atom. The molecule has 0 amide bonds. The van der Waals surface area contributed by atoms with Crippen molar-refractivity contribution in [1.82, 2.24) is 0 Å². The van der Waals surface area contributed by atoms with E-state index in [1.54, 1.807) is 0 Å². The van der Waals surface area contributed by atoms with Gasteiger partial charge in [0.1, 0.15) is 5.58 Å². The lowest BCUT2D eigenvalue weighted by Crippen LogP contribution is -2.09. The molecular formula is C24H16ClNO. The van der Waals surface area contributed by atoms with Crippen LogP contribution < -0.4 is 4.90 Å². The van der Waals surface area contributed by atoms with Crippen molar-refractivity contribution in [2.24, 2.45) is 0 Å². The van der Waals surface area contributed by atoms with Crippen LogP contribution in [0, 0.1) is 0 Å². The first-order valence-electron chi connectivity index (χ1n) is 8.83. The van der Waals surface area contributed by atoms with Crippen molar-refractivity contribution in [1.29, 1.82) is 0 Å². The van der Waals surface area contributed by atoms with Crippen LogP contribution in [0.15, 0.2) is 101 Å². The smallest absolute Gasteiger partial charge is 0.154 e. The molecule has 5 aromatic rings. The van der Waals surface area contributed by atoms with E-state index in [1.807, 2.05) is 36.4 Å². The molecule has 0 saturated carbocycles. The maximum atomic E-state index is 6.39. The second kappa shape index (κ2) is 6.49. The predicted octanol–water partition coefficient (Wildman–Crippen LogP) is 7.71. The average Bonchev–Trinajstić information content (AvgIpc) is 3.11. The van der Waals surface area contributed by atoms with Gasteiger partial charge in [0.15, 0.2) is 5.58 Å². The van der Waals surface area contributed by atoms with Crippen LogP contribution in [0.25, 0.3) is 21.9 Å². The van der Waals surface area contributed by atoms with E-state index >= 15 is 0 Å². The number of hydrogen-bond donors (Lipinski definition) is 0. The number of halogens is 1. The van der Waals surface area contributed by atoms with E-state index < -0.39 is 0 Å². The van der Waals surface area contributed by atoms with Gasteiger partial charge < -0.3 is 9.32 Å². The van der Waals surface area contributed by atoms with Gasteiger partial charge in [0.05, 0.1) is 16.1 Å². The first kappa shape index (κ1) is 16.0. The number of benzene rings is 4. The molecular weight excluding hydrogens is 354 g/mol. The third kappa shape index (κ3) is 2.66. The second-order valence-corrected chi connectivity index (χ2v) is 6.78. The zero-order valence-corrected chi connectivity index (χ0v) is 15.2. The molecule has 0 spiro atoms. The first-order valence-corrected chi connectivity index (χ1v) is 9.21. The Hall–Kier alpha value is -3.23. The third-order valence-electron chi connectivity index (χ3n) is 4.72. The van der Waals surface area contributed by atoms with Gasteiger partial charge in [-0.15, -0.1) is 0 Å². The lowest BCUT2D eigenvalue weighted by molar-refractivity contribution is 0.669. The molecule has 5 rings (SSSR count). The number of furan rings is 1.